The monoisotopic (exact) mass is 308 g/mol. The molecule has 0 radical (unpaired) electrons. The normalized spacial score (nSPS) is 15.8. The summed E-state index contributed by atoms with van der Waals surface area (Å²) in [6.45, 7) is 6.96. The van der Waals surface area contributed by atoms with Gasteiger partial charge in [0, 0.05) is 11.4 Å². The molecule has 1 aliphatic heterocycles. The lowest BCUT2D eigenvalue weighted by molar-refractivity contribution is -0.115. The third-order valence-electron chi connectivity index (χ3n) is 3.19. The zero-order chi connectivity index (χ0) is 14.5. The molecule has 3 nitrogen and oxygen atoms in total. The molecule has 20 heavy (non-hydrogen) atoms. The molecule has 0 aliphatic carbocycles. The molecule has 1 atom stereocenters. The quantitative estimate of drug-likeness (QED) is 0.918. The second kappa shape index (κ2) is 7.18. The number of nitrogens with one attached hydrogen (secondary N) is 1. The van der Waals surface area contributed by atoms with Gasteiger partial charge in [-0.15, -0.1) is 0 Å². The average Bonchev–Trinajstić information content (AvgIpc) is 2.93. The van der Waals surface area contributed by atoms with E-state index in [2.05, 4.69) is 10.3 Å². The van der Waals surface area contributed by atoms with Crippen molar-refractivity contribution in [3.05, 3.63) is 29.3 Å². The molecular weight excluding hydrogens is 288 g/mol. The minimum Gasteiger partial charge on any atom is -0.325 e. The molecule has 0 saturated heterocycles. The summed E-state index contributed by atoms with van der Waals surface area (Å²) in [6.07, 6.45) is 0.807. The number of hydrogen-bond donors (Lipinski definition) is 1. The lowest BCUT2D eigenvalue weighted by atomic mass is 10.1. The van der Waals surface area contributed by atoms with E-state index in [-0.39, 0.29) is 11.2 Å². The molecule has 1 amide bonds. The second-order valence-electron chi connectivity index (χ2n) is 4.77. The van der Waals surface area contributed by atoms with Crippen LogP contribution in [0.25, 0.3) is 0 Å². The fourth-order valence-electron chi connectivity index (χ4n) is 2.05. The molecule has 1 aliphatic rings. The summed E-state index contributed by atoms with van der Waals surface area (Å²) in [5, 5.41) is 3.01. The summed E-state index contributed by atoms with van der Waals surface area (Å²) < 4.78 is 1.05. The van der Waals surface area contributed by atoms with Crippen molar-refractivity contribution in [2.24, 2.45) is 4.99 Å². The van der Waals surface area contributed by atoms with Crippen LogP contribution in [0.4, 0.5) is 5.69 Å². The zero-order valence-corrected chi connectivity index (χ0v) is 13.7. The van der Waals surface area contributed by atoms with Crippen molar-refractivity contribution >= 4 is 39.5 Å². The van der Waals surface area contributed by atoms with Gasteiger partial charge in [-0.05, 0) is 31.4 Å². The summed E-state index contributed by atoms with van der Waals surface area (Å²) >= 11 is 3.34. The highest BCUT2D eigenvalue weighted by Gasteiger charge is 2.22. The van der Waals surface area contributed by atoms with Gasteiger partial charge in [-0.3, -0.25) is 9.79 Å². The molecule has 1 aromatic carbocycles. The Balaban J connectivity index is 2.05. The fourth-order valence-corrected chi connectivity index (χ4v) is 4.20. The van der Waals surface area contributed by atoms with Gasteiger partial charge in [-0.2, -0.15) is 0 Å². The molecule has 0 bridgehead atoms. The summed E-state index contributed by atoms with van der Waals surface area (Å²) in [7, 11) is 0. The molecule has 1 unspecified atom stereocenters. The Morgan fingerprint density at radius 1 is 1.45 bits per heavy atom. The van der Waals surface area contributed by atoms with Gasteiger partial charge in [-0.1, -0.05) is 48.6 Å². The minimum absolute atomic E-state index is 0.0710. The summed E-state index contributed by atoms with van der Waals surface area (Å²) in [5.74, 6) is 1.11. The van der Waals surface area contributed by atoms with E-state index in [1.165, 1.54) is 0 Å². The number of para-hydroxylation sites is 1. The number of carbonyl (C=O) groups excluding carboxylic acids is 1. The lowest BCUT2D eigenvalue weighted by Gasteiger charge is -2.17. The molecule has 1 aromatic rings. The predicted molar refractivity (Wildman–Crippen MR) is 91.0 cm³/mol. The Hall–Kier alpha value is -0.940. The van der Waals surface area contributed by atoms with Crippen LogP contribution < -0.4 is 5.32 Å². The van der Waals surface area contributed by atoms with Gasteiger partial charge >= 0.3 is 0 Å². The molecule has 1 N–H and O–H groups in total. The van der Waals surface area contributed by atoms with Crippen LogP contribution in [0.15, 0.2) is 23.2 Å². The van der Waals surface area contributed by atoms with Gasteiger partial charge in [-0.25, -0.2) is 0 Å². The number of rotatable bonds is 4. The number of aryl methyl sites for hydroxylation is 2. The van der Waals surface area contributed by atoms with Crippen molar-refractivity contribution in [2.45, 2.75) is 32.4 Å². The first-order chi connectivity index (χ1) is 9.61. The molecule has 0 saturated carbocycles. The maximum absolute atomic E-state index is 12.4. The number of carbonyl (C=O) groups is 1. The van der Waals surface area contributed by atoms with E-state index in [1.807, 2.05) is 39.0 Å². The van der Waals surface area contributed by atoms with Crippen molar-refractivity contribution < 1.29 is 4.79 Å². The van der Waals surface area contributed by atoms with Crippen LogP contribution in [0.1, 0.15) is 24.5 Å². The summed E-state index contributed by atoms with van der Waals surface area (Å²) in [4.78, 5) is 16.9. The first-order valence-corrected chi connectivity index (χ1v) is 8.69. The maximum atomic E-state index is 12.4. The van der Waals surface area contributed by atoms with E-state index < -0.39 is 0 Å². The molecule has 0 aromatic heterocycles. The van der Waals surface area contributed by atoms with E-state index in [0.29, 0.717) is 0 Å². The van der Waals surface area contributed by atoms with Crippen LogP contribution in [0.5, 0.6) is 0 Å². The van der Waals surface area contributed by atoms with Crippen LogP contribution in [0.3, 0.4) is 0 Å². The Morgan fingerprint density at radius 3 is 2.70 bits per heavy atom. The lowest BCUT2D eigenvalue weighted by Crippen LogP contribution is -2.26. The largest absolute Gasteiger partial charge is 0.325 e. The van der Waals surface area contributed by atoms with Crippen molar-refractivity contribution in [1.82, 2.24) is 0 Å². The predicted octanol–water partition coefficient (Wildman–Crippen LogP) is 3.86. The molecule has 0 spiro atoms. The minimum atomic E-state index is -0.0710. The number of nitrogens with zero attached hydrogens (tertiary/aromatic N) is 1. The maximum Gasteiger partial charge on any atom is 0.237 e. The second-order valence-corrected chi connectivity index (χ2v) is 7.30. The van der Waals surface area contributed by atoms with Crippen molar-refractivity contribution in [3.63, 3.8) is 0 Å². The van der Waals surface area contributed by atoms with Crippen molar-refractivity contribution in [3.8, 4) is 0 Å². The van der Waals surface area contributed by atoms with E-state index in [9.17, 15) is 4.79 Å². The van der Waals surface area contributed by atoms with Crippen molar-refractivity contribution in [2.75, 3.05) is 17.6 Å². The summed E-state index contributed by atoms with van der Waals surface area (Å²) in [6, 6.07) is 6.05. The van der Waals surface area contributed by atoms with E-state index >= 15 is 0 Å². The Kier molecular flexibility index (Phi) is 5.54. The van der Waals surface area contributed by atoms with Gasteiger partial charge in [0.05, 0.1) is 11.8 Å². The molecule has 2 rings (SSSR count). The number of aliphatic imine (C=N–C) groups is 1. The number of anilines is 1. The topological polar surface area (TPSA) is 41.5 Å². The molecule has 108 valence electrons. The van der Waals surface area contributed by atoms with Crippen molar-refractivity contribution in [1.29, 1.82) is 0 Å². The molecule has 0 fully saturated rings. The van der Waals surface area contributed by atoms with Crippen LogP contribution >= 0.6 is 23.5 Å². The van der Waals surface area contributed by atoms with Gasteiger partial charge < -0.3 is 5.32 Å². The third-order valence-corrected chi connectivity index (χ3v) is 5.76. The van der Waals surface area contributed by atoms with Gasteiger partial charge in [0.15, 0.2) is 0 Å². The van der Waals surface area contributed by atoms with E-state index in [1.54, 1.807) is 23.5 Å². The first-order valence-electron chi connectivity index (χ1n) is 6.82. The number of benzene rings is 1. The average molecular weight is 308 g/mol. The Labute approximate surface area is 129 Å². The van der Waals surface area contributed by atoms with Crippen LogP contribution in [-0.4, -0.2) is 27.8 Å². The zero-order valence-electron chi connectivity index (χ0n) is 12.1. The smallest absolute Gasteiger partial charge is 0.237 e. The fraction of sp³-hybridized carbons (Fsp3) is 0.467. The van der Waals surface area contributed by atoms with E-state index in [4.69, 9.17) is 0 Å². The number of amides is 1. The highest BCUT2D eigenvalue weighted by molar-refractivity contribution is 8.39. The highest BCUT2D eigenvalue weighted by atomic mass is 32.2. The van der Waals surface area contributed by atoms with Crippen LogP contribution in [-0.2, 0) is 4.79 Å². The number of thioether (sulfide) groups is 2. The van der Waals surface area contributed by atoms with E-state index in [0.717, 1.165) is 39.9 Å². The summed E-state index contributed by atoms with van der Waals surface area (Å²) in [5.41, 5.74) is 3.15. The Morgan fingerprint density at radius 2 is 2.15 bits per heavy atom. The third kappa shape index (κ3) is 3.79. The molecular formula is C15H20N2OS2. The molecule has 1 heterocycles. The first kappa shape index (κ1) is 15.4. The van der Waals surface area contributed by atoms with Gasteiger partial charge in [0.2, 0.25) is 5.91 Å². The standard InChI is InChI=1S/C15H20N2OS2/c1-4-12(20-15-16-8-9-19-15)14(18)17-13-10(2)6-5-7-11(13)3/h5-7,12H,4,8-9H2,1-3H3,(H,17,18). The van der Waals surface area contributed by atoms with Crippen LogP contribution in [0, 0.1) is 13.8 Å². The molecule has 5 heteroatoms. The van der Waals surface area contributed by atoms with Gasteiger partial charge in [0.25, 0.3) is 0 Å². The number of hydrogen-bond acceptors (Lipinski definition) is 4. The highest BCUT2D eigenvalue weighted by Crippen LogP contribution is 2.29. The SMILES string of the molecule is CCC(SC1=NCCS1)C(=O)Nc1c(C)cccc1C. The van der Waals surface area contributed by atoms with Gasteiger partial charge in [0.1, 0.15) is 4.38 Å². The Bertz CT molecular complexity index is 508. The van der Waals surface area contributed by atoms with Crippen LogP contribution in [0.2, 0.25) is 0 Å².